The first-order chi connectivity index (χ1) is 6.65. The van der Waals surface area contributed by atoms with Gasteiger partial charge in [-0.25, -0.2) is 0 Å². The highest BCUT2D eigenvalue weighted by atomic mass is 35.5. The Bertz CT molecular complexity index is 280. The van der Waals surface area contributed by atoms with Crippen molar-refractivity contribution in [2.45, 2.75) is 18.6 Å². The fourth-order valence-electron chi connectivity index (χ4n) is 0.971. The Labute approximate surface area is 86.0 Å². The first-order valence-corrected chi connectivity index (χ1v) is 4.49. The molecule has 2 unspecified atom stereocenters. The van der Waals surface area contributed by atoms with Crippen LogP contribution in [0.15, 0.2) is 12.1 Å². The van der Waals surface area contributed by atoms with Gasteiger partial charge in [-0.2, -0.15) is 5.10 Å². The smallest absolute Gasteiger partial charge is 0.151 e. The maximum absolute atomic E-state index is 9.50. The predicted molar refractivity (Wildman–Crippen MR) is 49.7 cm³/mol. The van der Waals surface area contributed by atoms with Gasteiger partial charge in [0.25, 0.3) is 0 Å². The van der Waals surface area contributed by atoms with Crippen molar-refractivity contribution >= 4 is 11.6 Å². The van der Waals surface area contributed by atoms with Gasteiger partial charge in [0.15, 0.2) is 5.15 Å². The van der Waals surface area contributed by atoms with E-state index in [4.69, 9.17) is 16.7 Å². The number of hydrogen-bond acceptors (Lipinski definition) is 5. The van der Waals surface area contributed by atoms with Gasteiger partial charge in [-0.3, -0.25) is 0 Å². The fourth-order valence-corrected chi connectivity index (χ4v) is 1.07. The number of nitrogens with zero attached hydrogens (tertiary/aromatic N) is 2. The largest absolute Gasteiger partial charge is 0.396 e. The molecule has 3 N–H and O–H groups in total. The molecule has 0 saturated heterocycles. The molecular weight excluding hydrogens is 208 g/mol. The second-order valence-electron chi connectivity index (χ2n) is 2.81. The van der Waals surface area contributed by atoms with Crippen LogP contribution in [0.4, 0.5) is 0 Å². The van der Waals surface area contributed by atoms with Gasteiger partial charge in [-0.15, -0.1) is 5.10 Å². The van der Waals surface area contributed by atoms with Crippen LogP contribution in [0.3, 0.4) is 0 Å². The van der Waals surface area contributed by atoms with Crippen LogP contribution in [0, 0.1) is 0 Å². The molecule has 0 radical (unpaired) electrons. The van der Waals surface area contributed by atoms with Crippen molar-refractivity contribution in [1.82, 2.24) is 10.2 Å². The molecule has 0 spiro atoms. The Morgan fingerprint density at radius 1 is 1.29 bits per heavy atom. The molecule has 0 aliphatic heterocycles. The molecule has 0 fully saturated rings. The van der Waals surface area contributed by atoms with Crippen molar-refractivity contribution in [3.05, 3.63) is 23.0 Å². The third-order valence-electron chi connectivity index (χ3n) is 1.74. The van der Waals surface area contributed by atoms with E-state index in [1.54, 1.807) is 0 Å². The minimum Gasteiger partial charge on any atom is -0.396 e. The summed E-state index contributed by atoms with van der Waals surface area (Å²) in [7, 11) is 0. The van der Waals surface area contributed by atoms with Crippen LogP contribution in [0.25, 0.3) is 0 Å². The molecule has 0 aliphatic rings. The van der Waals surface area contributed by atoms with Crippen molar-refractivity contribution in [2.24, 2.45) is 0 Å². The number of rotatable bonds is 4. The molecule has 0 aromatic carbocycles. The Hall–Kier alpha value is -0.750. The van der Waals surface area contributed by atoms with Gasteiger partial charge in [0.2, 0.25) is 0 Å². The third-order valence-corrected chi connectivity index (χ3v) is 1.95. The lowest BCUT2D eigenvalue weighted by Crippen LogP contribution is -2.20. The number of hydrogen-bond donors (Lipinski definition) is 3. The Morgan fingerprint density at radius 2 is 2.00 bits per heavy atom. The first kappa shape index (κ1) is 11.3. The summed E-state index contributed by atoms with van der Waals surface area (Å²) in [5, 5.41) is 34.7. The number of aliphatic hydroxyl groups excluding tert-OH is 3. The Kier molecular flexibility index (Phi) is 4.21. The molecule has 2 atom stereocenters. The van der Waals surface area contributed by atoms with Gasteiger partial charge >= 0.3 is 0 Å². The summed E-state index contributed by atoms with van der Waals surface area (Å²) in [4.78, 5) is 0. The van der Waals surface area contributed by atoms with Gasteiger partial charge < -0.3 is 15.3 Å². The average molecular weight is 219 g/mol. The van der Waals surface area contributed by atoms with E-state index in [2.05, 4.69) is 10.2 Å². The average Bonchev–Trinajstić information content (AvgIpc) is 2.18. The SMILES string of the molecule is OCCC(O)C(O)c1ccc(Cl)nn1. The maximum atomic E-state index is 9.50. The van der Waals surface area contributed by atoms with E-state index in [9.17, 15) is 10.2 Å². The lowest BCUT2D eigenvalue weighted by atomic mass is 10.1. The standard InChI is InChI=1S/C8H11ClN2O3/c9-7-2-1-5(10-11-7)8(14)6(13)3-4-12/h1-2,6,8,12-14H,3-4H2. The number of halogens is 1. The van der Waals surface area contributed by atoms with Gasteiger partial charge in [-0.05, 0) is 18.6 Å². The van der Waals surface area contributed by atoms with Crippen LogP contribution in [-0.4, -0.2) is 38.2 Å². The molecule has 78 valence electrons. The van der Waals surface area contributed by atoms with Gasteiger partial charge in [0.1, 0.15) is 6.10 Å². The minimum atomic E-state index is -1.15. The van der Waals surface area contributed by atoms with Crippen molar-refractivity contribution in [3.8, 4) is 0 Å². The normalized spacial score (nSPS) is 15.1. The number of aromatic nitrogens is 2. The molecule has 1 aromatic rings. The highest BCUT2D eigenvalue weighted by Crippen LogP contribution is 2.16. The van der Waals surface area contributed by atoms with Crippen LogP contribution in [0.2, 0.25) is 5.15 Å². The molecular formula is C8H11ClN2O3. The van der Waals surface area contributed by atoms with Crippen LogP contribution in [-0.2, 0) is 0 Å². The molecule has 1 heterocycles. The maximum Gasteiger partial charge on any atom is 0.151 e. The summed E-state index contributed by atoms with van der Waals surface area (Å²) in [6.45, 7) is -0.195. The monoisotopic (exact) mass is 218 g/mol. The zero-order valence-electron chi connectivity index (χ0n) is 7.34. The Balaban J connectivity index is 2.68. The van der Waals surface area contributed by atoms with Crippen molar-refractivity contribution < 1.29 is 15.3 Å². The van der Waals surface area contributed by atoms with Gasteiger partial charge in [0, 0.05) is 6.61 Å². The topological polar surface area (TPSA) is 86.5 Å². The second kappa shape index (κ2) is 5.21. The quantitative estimate of drug-likeness (QED) is 0.658. The number of aliphatic hydroxyl groups is 3. The summed E-state index contributed by atoms with van der Waals surface area (Å²) in [6.07, 6.45) is -2.10. The molecule has 0 bridgehead atoms. The van der Waals surface area contributed by atoms with Crippen molar-refractivity contribution in [2.75, 3.05) is 6.61 Å². The van der Waals surface area contributed by atoms with E-state index >= 15 is 0 Å². The summed E-state index contributed by atoms with van der Waals surface area (Å²) in [5.74, 6) is 0. The lowest BCUT2D eigenvalue weighted by molar-refractivity contribution is 0.00145. The van der Waals surface area contributed by atoms with Gasteiger partial charge in [0.05, 0.1) is 11.8 Å². The molecule has 14 heavy (non-hydrogen) atoms. The molecule has 1 rings (SSSR count). The van der Waals surface area contributed by atoms with Gasteiger partial charge in [-0.1, -0.05) is 11.6 Å². The van der Waals surface area contributed by atoms with Crippen LogP contribution >= 0.6 is 11.6 Å². The summed E-state index contributed by atoms with van der Waals surface area (Å²) >= 11 is 5.50. The summed E-state index contributed by atoms with van der Waals surface area (Å²) < 4.78 is 0. The van der Waals surface area contributed by atoms with E-state index in [0.29, 0.717) is 0 Å². The predicted octanol–water partition coefficient (Wildman–Crippen LogP) is -0.0933. The van der Waals surface area contributed by atoms with Crippen molar-refractivity contribution in [3.63, 3.8) is 0 Å². The molecule has 0 aliphatic carbocycles. The second-order valence-corrected chi connectivity index (χ2v) is 3.19. The zero-order chi connectivity index (χ0) is 10.6. The van der Waals surface area contributed by atoms with E-state index in [-0.39, 0.29) is 23.9 Å². The molecule has 5 nitrogen and oxygen atoms in total. The van der Waals surface area contributed by atoms with Crippen LogP contribution in [0.5, 0.6) is 0 Å². The first-order valence-electron chi connectivity index (χ1n) is 4.11. The highest BCUT2D eigenvalue weighted by Gasteiger charge is 2.19. The lowest BCUT2D eigenvalue weighted by Gasteiger charge is -2.15. The van der Waals surface area contributed by atoms with E-state index in [1.807, 2.05) is 0 Å². The molecule has 1 aromatic heterocycles. The van der Waals surface area contributed by atoms with E-state index < -0.39 is 12.2 Å². The molecule has 0 saturated carbocycles. The zero-order valence-corrected chi connectivity index (χ0v) is 8.09. The highest BCUT2D eigenvalue weighted by molar-refractivity contribution is 6.29. The third kappa shape index (κ3) is 2.88. The molecule has 0 amide bonds. The summed E-state index contributed by atoms with van der Waals surface area (Å²) in [6, 6.07) is 2.94. The van der Waals surface area contributed by atoms with E-state index in [0.717, 1.165) is 0 Å². The van der Waals surface area contributed by atoms with Crippen LogP contribution in [0.1, 0.15) is 18.2 Å². The van der Waals surface area contributed by atoms with Crippen LogP contribution < -0.4 is 0 Å². The Morgan fingerprint density at radius 3 is 2.50 bits per heavy atom. The fraction of sp³-hybridized carbons (Fsp3) is 0.500. The minimum absolute atomic E-state index is 0.0888. The summed E-state index contributed by atoms with van der Waals surface area (Å²) in [5.41, 5.74) is 0.232. The van der Waals surface area contributed by atoms with Crippen molar-refractivity contribution in [1.29, 1.82) is 0 Å². The molecule has 6 heteroatoms. The van der Waals surface area contributed by atoms with E-state index in [1.165, 1.54) is 12.1 Å².